The molecule has 1 N–H and O–H groups in total. The molecule has 1 aromatic carbocycles. The Morgan fingerprint density at radius 2 is 1.86 bits per heavy atom. The number of nitrogens with one attached hydrogen (secondary N) is 1. The highest BCUT2D eigenvalue weighted by Crippen LogP contribution is 2.35. The number of ether oxygens (including phenoxy) is 1. The first-order valence-corrected chi connectivity index (χ1v) is 8.04. The Balaban J connectivity index is 1.93. The molecule has 0 aromatic heterocycles. The largest absolute Gasteiger partial charge is 0.446 e. The van der Waals surface area contributed by atoms with Crippen LogP contribution in [0.1, 0.15) is 50.4 Å². The monoisotopic (exact) mass is 303 g/mol. The van der Waals surface area contributed by atoms with Gasteiger partial charge in [-0.25, -0.2) is 4.79 Å². The molecule has 3 unspecified atom stereocenters. The first-order valence-electron chi connectivity index (χ1n) is 8.04. The standard InChI is InChI=1S/C18H25NO3/c1-12(2)15-10-9-13(3)11-16(15)22-18(21)19-17(20)14-7-5-4-6-8-14/h4-8,12-13,15-16H,9-11H2,1-3H3,(H,19,20,21). The van der Waals surface area contributed by atoms with Gasteiger partial charge in [0.1, 0.15) is 6.10 Å². The van der Waals surface area contributed by atoms with Crippen LogP contribution in [-0.2, 0) is 4.74 Å². The van der Waals surface area contributed by atoms with Crippen LogP contribution in [0, 0.1) is 17.8 Å². The Hall–Kier alpha value is -1.84. The van der Waals surface area contributed by atoms with E-state index in [4.69, 9.17) is 4.74 Å². The average molecular weight is 303 g/mol. The zero-order chi connectivity index (χ0) is 16.1. The summed E-state index contributed by atoms with van der Waals surface area (Å²) in [6.45, 7) is 6.49. The quantitative estimate of drug-likeness (QED) is 0.917. The number of hydrogen-bond acceptors (Lipinski definition) is 3. The van der Waals surface area contributed by atoms with Gasteiger partial charge in [0, 0.05) is 5.56 Å². The van der Waals surface area contributed by atoms with Gasteiger partial charge in [0.2, 0.25) is 0 Å². The van der Waals surface area contributed by atoms with Gasteiger partial charge in [0.25, 0.3) is 5.91 Å². The minimum Gasteiger partial charge on any atom is -0.446 e. The summed E-state index contributed by atoms with van der Waals surface area (Å²) in [5.41, 5.74) is 0.455. The lowest BCUT2D eigenvalue weighted by Gasteiger charge is -2.36. The molecule has 0 spiro atoms. The zero-order valence-electron chi connectivity index (χ0n) is 13.5. The van der Waals surface area contributed by atoms with E-state index < -0.39 is 12.0 Å². The Bertz CT molecular complexity index is 512. The van der Waals surface area contributed by atoms with Crippen LogP contribution < -0.4 is 5.32 Å². The predicted octanol–water partition coefficient (Wildman–Crippen LogP) is 4.01. The van der Waals surface area contributed by atoms with Crippen molar-refractivity contribution in [3.63, 3.8) is 0 Å². The van der Waals surface area contributed by atoms with E-state index in [1.807, 2.05) is 6.07 Å². The second-order valence-corrected chi connectivity index (χ2v) is 6.59. The Morgan fingerprint density at radius 1 is 1.18 bits per heavy atom. The van der Waals surface area contributed by atoms with Crippen molar-refractivity contribution >= 4 is 12.0 Å². The second-order valence-electron chi connectivity index (χ2n) is 6.59. The number of carbonyl (C=O) groups excluding carboxylic acids is 2. The molecule has 1 saturated carbocycles. The van der Waals surface area contributed by atoms with Crippen LogP contribution >= 0.6 is 0 Å². The van der Waals surface area contributed by atoms with Crippen LogP contribution in [0.15, 0.2) is 30.3 Å². The van der Waals surface area contributed by atoms with Crippen molar-refractivity contribution in [3.8, 4) is 0 Å². The summed E-state index contributed by atoms with van der Waals surface area (Å²) in [7, 11) is 0. The molecule has 120 valence electrons. The predicted molar refractivity (Wildman–Crippen MR) is 85.5 cm³/mol. The molecule has 0 radical (unpaired) electrons. The van der Waals surface area contributed by atoms with Gasteiger partial charge < -0.3 is 4.74 Å². The summed E-state index contributed by atoms with van der Waals surface area (Å²) in [4.78, 5) is 24.0. The first kappa shape index (κ1) is 16.5. The van der Waals surface area contributed by atoms with Crippen molar-refractivity contribution in [2.75, 3.05) is 0 Å². The number of benzene rings is 1. The molecule has 1 aliphatic rings. The van der Waals surface area contributed by atoms with Gasteiger partial charge in [0.05, 0.1) is 0 Å². The lowest BCUT2D eigenvalue weighted by molar-refractivity contribution is 0.00664. The number of imide groups is 1. The molecular weight excluding hydrogens is 278 g/mol. The minimum absolute atomic E-state index is 0.104. The van der Waals surface area contributed by atoms with Crippen LogP contribution in [0.4, 0.5) is 4.79 Å². The fraction of sp³-hybridized carbons (Fsp3) is 0.556. The zero-order valence-corrected chi connectivity index (χ0v) is 13.5. The van der Waals surface area contributed by atoms with Crippen molar-refractivity contribution in [2.45, 2.75) is 46.1 Å². The molecule has 4 heteroatoms. The number of hydrogen-bond donors (Lipinski definition) is 1. The number of carbonyl (C=O) groups is 2. The molecule has 22 heavy (non-hydrogen) atoms. The van der Waals surface area contributed by atoms with E-state index in [9.17, 15) is 9.59 Å². The van der Waals surface area contributed by atoms with Crippen molar-refractivity contribution in [3.05, 3.63) is 35.9 Å². The first-order chi connectivity index (χ1) is 10.5. The van der Waals surface area contributed by atoms with Gasteiger partial charge in [-0.05, 0) is 42.7 Å². The van der Waals surface area contributed by atoms with Crippen LogP contribution in [0.3, 0.4) is 0 Å². The second kappa shape index (κ2) is 7.43. The third-order valence-corrected chi connectivity index (χ3v) is 4.47. The topological polar surface area (TPSA) is 55.4 Å². The van der Waals surface area contributed by atoms with E-state index in [0.717, 1.165) is 12.8 Å². The van der Waals surface area contributed by atoms with Crippen LogP contribution in [-0.4, -0.2) is 18.1 Å². The van der Waals surface area contributed by atoms with E-state index in [1.54, 1.807) is 24.3 Å². The summed E-state index contributed by atoms with van der Waals surface area (Å²) in [5.74, 6) is 0.970. The molecule has 0 heterocycles. The van der Waals surface area contributed by atoms with Gasteiger partial charge in [0.15, 0.2) is 0 Å². The molecule has 4 nitrogen and oxygen atoms in total. The maximum Gasteiger partial charge on any atom is 0.414 e. The van der Waals surface area contributed by atoms with Gasteiger partial charge >= 0.3 is 6.09 Å². The maximum atomic E-state index is 12.0. The summed E-state index contributed by atoms with van der Waals surface area (Å²) in [5, 5.41) is 2.32. The normalized spacial score (nSPS) is 24.8. The fourth-order valence-electron chi connectivity index (χ4n) is 3.17. The highest BCUT2D eigenvalue weighted by atomic mass is 16.6. The average Bonchev–Trinajstić information content (AvgIpc) is 2.47. The Labute approximate surface area is 132 Å². The van der Waals surface area contributed by atoms with Crippen molar-refractivity contribution in [2.24, 2.45) is 17.8 Å². The summed E-state index contributed by atoms with van der Waals surface area (Å²) < 4.78 is 5.56. The Kier molecular flexibility index (Phi) is 5.58. The minimum atomic E-state index is -0.640. The molecule has 1 aromatic rings. The molecule has 0 saturated heterocycles. The smallest absolute Gasteiger partial charge is 0.414 e. The highest BCUT2D eigenvalue weighted by molar-refractivity contribution is 6.02. The van der Waals surface area contributed by atoms with E-state index in [0.29, 0.717) is 23.3 Å². The molecule has 3 atom stereocenters. The fourth-order valence-corrected chi connectivity index (χ4v) is 3.17. The van der Waals surface area contributed by atoms with E-state index in [-0.39, 0.29) is 6.10 Å². The number of rotatable bonds is 3. The SMILES string of the molecule is CC1CCC(C(C)C)C(OC(=O)NC(=O)c2ccccc2)C1. The van der Waals surface area contributed by atoms with Gasteiger partial charge in [-0.15, -0.1) is 0 Å². The number of alkyl carbamates (subject to hydrolysis) is 1. The summed E-state index contributed by atoms with van der Waals surface area (Å²) in [6, 6.07) is 8.69. The van der Waals surface area contributed by atoms with Gasteiger partial charge in [-0.2, -0.15) is 0 Å². The molecule has 2 rings (SSSR count). The Morgan fingerprint density at radius 3 is 2.50 bits per heavy atom. The molecule has 0 aliphatic heterocycles. The molecule has 0 bridgehead atoms. The van der Waals surface area contributed by atoms with E-state index in [1.165, 1.54) is 6.42 Å². The lowest BCUT2D eigenvalue weighted by Crippen LogP contribution is -2.40. The third kappa shape index (κ3) is 4.33. The molecule has 1 fully saturated rings. The molecule has 2 amide bonds. The van der Waals surface area contributed by atoms with Crippen LogP contribution in [0.5, 0.6) is 0 Å². The van der Waals surface area contributed by atoms with E-state index >= 15 is 0 Å². The maximum absolute atomic E-state index is 12.0. The van der Waals surface area contributed by atoms with Crippen LogP contribution in [0.25, 0.3) is 0 Å². The molecular formula is C18H25NO3. The summed E-state index contributed by atoms with van der Waals surface area (Å²) in [6.07, 6.45) is 2.37. The van der Waals surface area contributed by atoms with Crippen molar-refractivity contribution < 1.29 is 14.3 Å². The third-order valence-electron chi connectivity index (χ3n) is 4.47. The highest BCUT2D eigenvalue weighted by Gasteiger charge is 2.33. The van der Waals surface area contributed by atoms with Gasteiger partial charge in [-0.1, -0.05) is 45.4 Å². The van der Waals surface area contributed by atoms with Gasteiger partial charge in [-0.3, -0.25) is 10.1 Å². The van der Waals surface area contributed by atoms with E-state index in [2.05, 4.69) is 26.1 Å². The van der Waals surface area contributed by atoms with Crippen molar-refractivity contribution in [1.29, 1.82) is 0 Å². The number of amides is 2. The lowest BCUT2D eigenvalue weighted by atomic mass is 9.75. The molecule has 1 aliphatic carbocycles. The summed E-state index contributed by atoms with van der Waals surface area (Å²) >= 11 is 0. The van der Waals surface area contributed by atoms with Crippen LogP contribution in [0.2, 0.25) is 0 Å². The van der Waals surface area contributed by atoms with Crippen molar-refractivity contribution in [1.82, 2.24) is 5.32 Å².